The third-order valence-electron chi connectivity index (χ3n) is 2.86. The molecule has 1 unspecified atom stereocenters. The number of aromatic nitrogens is 2. The number of nitrogens with two attached hydrogens (primary N) is 1. The van der Waals surface area contributed by atoms with E-state index in [9.17, 15) is 4.39 Å². The van der Waals surface area contributed by atoms with E-state index in [2.05, 4.69) is 16.5 Å². The SMILES string of the molecule is CCn1ccnc1CC(N)CSc1ccc(F)cc1. The van der Waals surface area contributed by atoms with E-state index in [4.69, 9.17) is 5.73 Å². The molecule has 2 aromatic rings. The number of hydrogen-bond acceptors (Lipinski definition) is 3. The summed E-state index contributed by atoms with van der Waals surface area (Å²) in [5, 5.41) is 0. The summed E-state index contributed by atoms with van der Waals surface area (Å²) in [6.45, 7) is 3.00. The van der Waals surface area contributed by atoms with Crippen molar-refractivity contribution >= 4 is 11.8 Å². The average molecular weight is 279 g/mol. The molecule has 2 rings (SSSR count). The van der Waals surface area contributed by atoms with Gasteiger partial charge in [-0.15, -0.1) is 11.8 Å². The Bertz CT molecular complexity index is 510. The fourth-order valence-electron chi connectivity index (χ4n) is 1.85. The molecule has 0 aliphatic carbocycles. The Kier molecular flexibility index (Phi) is 4.99. The van der Waals surface area contributed by atoms with Crippen molar-refractivity contribution in [3.63, 3.8) is 0 Å². The molecule has 1 aromatic heterocycles. The van der Waals surface area contributed by atoms with Crippen LogP contribution in [-0.2, 0) is 13.0 Å². The number of hydrogen-bond donors (Lipinski definition) is 1. The molecule has 0 fully saturated rings. The van der Waals surface area contributed by atoms with Crippen molar-refractivity contribution in [2.24, 2.45) is 5.73 Å². The van der Waals surface area contributed by atoms with Gasteiger partial charge in [-0.25, -0.2) is 9.37 Å². The van der Waals surface area contributed by atoms with E-state index in [0.29, 0.717) is 0 Å². The summed E-state index contributed by atoms with van der Waals surface area (Å²) >= 11 is 1.64. The molecule has 0 saturated heterocycles. The van der Waals surface area contributed by atoms with E-state index in [0.717, 1.165) is 29.4 Å². The van der Waals surface area contributed by atoms with Crippen molar-refractivity contribution in [2.45, 2.75) is 30.8 Å². The van der Waals surface area contributed by atoms with Crippen LogP contribution in [0.5, 0.6) is 0 Å². The molecule has 102 valence electrons. The summed E-state index contributed by atoms with van der Waals surface area (Å²) in [4.78, 5) is 5.36. The van der Waals surface area contributed by atoms with Gasteiger partial charge in [0.2, 0.25) is 0 Å². The van der Waals surface area contributed by atoms with Gasteiger partial charge in [-0.05, 0) is 31.2 Å². The molecule has 1 atom stereocenters. The zero-order valence-corrected chi connectivity index (χ0v) is 11.7. The molecule has 0 saturated carbocycles. The molecule has 3 nitrogen and oxygen atoms in total. The maximum Gasteiger partial charge on any atom is 0.123 e. The molecule has 1 aromatic carbocycles. The van der Waals surface area contributed by atoms with Crippen LogP contribution in [-0.4, -0.2) is 21.3 Å². The average Bonchev–Trinajstić information content (AvgIpc) is 2.85. The topological polar surface area (TPSA) is 43.8 Å². The zero-order chi connectivity index (χ0) is 13.7. The number of nitrogens with zero attached hydrogens (tertiary/aromatic N) is 2. The van der Waals surface area contributed by atoms with E-state index < -0.39 is 0 Å². The minimum absolute atomic E-state index is 0.0442. The first-order chi connectivity index (χ1) is 9.19. The summed E-state index contributed by atoms with van der Waals surface area (Å²) in [5.74, 6) is 1.61. The van der Waals surface area contributed by atoms with E-state index in [1.165, 1.54) is 12.1 Å². The van der Waals surface area contributed by atoms with Gasteiger partial charge in [0.25, 0.3) is 0 Å². The fraction of sp³-hybridized carbons (Fsp3) is 0.357. The zero-order valence-electron chi connectivity index (χ0n) is 10.9. The minimum atomic E-state index is -0.210. The van der Waals surface area contributed by atoms with Gasteiger partial charge in [0.05, 0.1) is 0 Å². The lowest BCUT2D eigenvalue weighted by atomic mass is 10.2. The van der Waals surface area contributed by atoms with Crippen molar-refractivity contribution < 1.29 is 4.39 Å². The van der Waals surface area contributed by atoms with Crippen LogP contribution >= 0.6 is 11.8 Å². The standard InChI is InChI=1S/C14H18FN3S/c1-2-18-8-7-17-14(18)9-12(16)10-19-13-5-3-11(15)4-6-13/h3-8,12H,2,9-10,16H2,1H3. The normalized spacial score (nSPS) is 12.6. The second-order valence-electron chi connectivity index (χ2n) is 4.36. The molecule has 0 bridgehead atoms. The monoisotopic (exact) mass is 279 g/mol. The summed E-state index contributed by atoms with van der Waals surface area (Å²) in [6, 6.07) is 6.54. The number of benzene rings is 1. The summed E-state index contributed by atoms with van der Waals surface area (Å²) in [7, 11) is 0. The highest BCUT2D eigenvalue weighted by Crippen LogP contribution is 2.19. The van der Waals surface area contributed by atoms with Crippen molar-refractivity contribution in [1.29, 1.82) is 0 Å². The van der Waals surface area contributed by atoms with Crippen LogP contribution in [0.3, 0.4) is 0 Å². The lowest BCUT2D eigenvalue weighted by molar-refractivity contribution is 0.626. The predicted molar refractivity (Wildman–Crippen MR) is 76.7 cm³/mol. The largest absolute Gasteiger partial charge is 0.335 e. The third-order valence-corrected chi connectivity index (χ3v) is 4.07. The van der Waals surface area contributed by atoms with Crippen LogP contribution in [0.4, 0.5) is 4.39 Å². The van der Waals surface area contributed by atoms with Gasteiger partial charge < -0.3 is 10.3 Å². The first-order valence-electron chi connectivity index (χ1n) is 6.33. The van der Waals surface area contributed by atoms with Gasteiger partial charge in [-0.3, -0.25) is 0 Å². The van der Waals surface area contributed by atoms with Gasteiger partial charge in [-0.1, -0.05) is 0 Å². The molecular formula is C14H18FN3S. The summed E-state index contributed by atoms with van der Waals surface area (Å²) < 4.78 is 14.9. The van der Waals surface area contributed by atoms with Gasteiger partial charge in [0.1, 0.15) is 11.6 Å². The third kappa shape index (κ3) is 4.08. The summed E-state index contributed by atoms with van der Waals surface area (Å²) in [5.41, 5.74) is 6.12. The summed E-state index contributed by atoms with van der Waals surface area (Å²) in [6.07, 6.45) is 4.53. The van der Waals surface area contributed by atoms with E-state index in [-0.39, 0.29) is 11.9 Å². The first-order valence-corrected chi connectivity index (χ1v) is 7.31. The highest BCUT2D eigenvalue weighted by molar-refractivity contribution is 7.99. The van der Waals surface area contributed by atoms with Crippen LogP contribution in [0.25, 0.3) is 0 Å². The van der Waals surface area contributed by atoms with Crippen LogP contribution in [0.15, 0.2) is 41.6 Å². The highest BCUT2D eigenvalue weighted by atomic mass is 32.2. The second-order valence-corrected chi connectivity index (χ2v) is 5.45. The Morgan fingerprint density at radius 2 is 2.11 bits per heavy atom. The Morgan fingerprint density at radius 1 is 1.37 bits per heavy atom. The molecule has 0 amide bonds. The molecule has 19 heavy (non-hydrogen) atoms. The number of rotatable bonds is 6. The first kappa shape index (κ1) is 14.1. The quantitative estimate of drug-likeness (QED) is 0.827. The van der Waals surface area contributed by atoms with Crippen LogP contribution in [0.1, 0.15) is 12.7 Å². The number of imidazole rings is 1. The fourth-order valence-corrected chi connectivity index (χ4v) is 2.70. The smallest absolute Gasteiger partial charge is 0.123 e. The molecule has 0 radical (unpaired) electrons. The molecule has 0 aliphatic heterocycles. The maximum absolute atomic E-state index is 12.8. The minimum Gasteiger partial charge on any atom is -0.335 e. The predicted octanol–water partition coefficient (Wildman–Crippen LogP) is 2.70. The van der Waals surface area contributed by atoms with Crippen LogP contribution < -0.4 is 5.73 Å². The van der Waals surface area contributed by atoms with Gasteiger partial charge in [0.15, 0.2) is 0 Å². The molecule has 0 spiro atoms. The molecule has 2 N–H and O–H groups in total. The molecule has 0 aliphatic rings. The van der Waals surface area contributed by atoms with Gasteiger partial charge >= 0.3 is 0 Å². The lowest BCUT2D eigenvalue weighted by Gasteiger charge is -2.12. The van der Waals surface area contributed by atoms with Crippen molar-refractivity contribution in [1.82, 2.24) is 9.55 Å². The molecule has 5 heteroatoms. The van der Waals surface area contributed by atoms with Crippen molar-refractivity contribution in [3.05, 3.63) is 48.3 Å². The number of thioether (sulfide) groups is 1. The Hall–Kier alpha value is -1.33. The van der Waals surface area contributed by atoms with Gasteiger partial charge in [-0.2, -0.15) is 0 Å². The van der Waals surface area contributed by atoms with Crippen LogP contribution in [0.2, 0.25) is 0 Å². The second kappa shape index (κ2) is 6.73. The Morgan fingerprint density at radius 3 is 2.79 bits per heavy atom. The lowest BCUT2D eigenvalue weighted by Crippen LogP contribution is -2.27. The van der Waals surface area contributed by atoms with E-state index in [1.54, 1.807) is 30.1 Å². The molecule has 1 heterocycles. The maximum atomic E-state index is 12.8. The number of aryl methyl sites for hydroxylation is 1. The van der Waals surface area contributed by atoms with E-state index in [1.807, 2.05) is 6.20 Å². The Labute approximate surface area is 117 Å². The highest BCUT2D eigenvalue weighted by Gasteiger charge is 2.09. The van der Waals surface area contributed by atoms with E-state index >= 15 is 0 Å². The van der Waals surface area contributed by atoms with Crippen molar-refractivity contribution in [2.75, 3.05) is 5.75 Å². The number of halogens is 1. The van der Waals surface area contributed by atoms with Crippen molar-refractivity contribution in [3.8, 4) is 0 Å². The van der Waals surface area contributed by atoms with Crippen LogP contribution in [0, 0.1) is 5.82 Å². The molecular weight excluding hydrogens is 261 g/mol. The van der Waals surface area contributed by atoms with Gasteiger partial charge in [0, 0.05) is 42.0 Å². The Balaban J connectivity index is 1.84.